The summed E-state index contributed by atoms with van der Waals surface area (Å²) in [6.07, 6.45) is -5.05. The van der Waals surface area contributed by atoms with Gasteiger partial charge in [0, 0.05) is 11.9 Å². The van der Waals surface area contributed by atoms with Crippen molar-refractivity contribution in [3.63, 3.8) is 0 Å². The highest BCUT2D eigenvalue weighted by atomic mass is 32.2. The van der Waals surface area contributed by atoms with E-state index < -0.39 is 39.2 Å². The Hall–Kier alpha value is -2.56. The quantitative estimate of drug-likeness (QED) is 0.643. The number of rotatable bonds is 6. The van der Waals surface area contributed by atoms with Crippen LogP contribution in [0.5, 0.6) is 5.75 Å². The summed E-state index contributed by atoms with van der Waals surface area (Å²) in [4.78, 5) is -0.701. The second-order valence-corrected chi connectivity index (χ2v) is 7.98. The van der Waals surface area contributed by atoms with Crippen LogP contribution in [-0.4, -0.2) is 26.4 Å². The van der Waals surface area contributed by atoms with Crippen molar-refractivity contribution in [3.05, 3.63) is 60.4 Å². The summed E-state index contributed by atoms with van der Waals surface area (Å²) in [6.45, 7) is 0.793. The van der Waals surface area contributed by atoms with E-state index in [1.165, 1.54) is 19.1 Å². The van der Waals surface area contributed by atoms with Gasteiger partial charge in [-0.3, -0.25) is 0 Å². The van der Waals surface area contributed by atoms with E-state index in [0.717, 1.165) is 12.1 Å². The second-order valence-electron chi connectivity index (χ2n) is 6.24. The Labute approximate surface area is 158 Å². The van der Waals surface area contributed by atoms with E-state index in [0.29, 0.717) is 11.0 Å². The molecule has 3 aromatic rings. The van der Waals surface area contributed by atoms with Crippen LogP contribution in [0.1, 0.15) is 12.7 Å². The van der Waals surface area contributed by atoms with Gasteiger partial charge in [-0.2, -0.15) is 0 Å². The molecule has 1 aromatic heterocycles. The SMILES string of the molecule is CC(O)(CNS(=O)(=O)c1ccccc1OC(F)(F)F)c1cc2ccccc2o1. The molecule has 10 heteroatoms. The lowest BCUT2D eigenvalue weighted by atomic mass is 10.0. The van der Waals surface area contributed by atoms with Crippen LogP contribution in [0.4, 0.5) is 13.2 Å². The van der Waals surface area contributed by atoms with E-state index in [1.54, 1.807) is 30.3 Å². The molecule has 0 aliphatic heterocycles. The van der Waals surface area contributed by atoms with Crippen molar-refractivity contribution >= 4 is 21.0 Å². The predicted octanol–water partition coefficient (Wildman–Crippen LogP) is 3.52. The molecule has 28 heavy (non-hydrogen) atoms. The lowest BCUT2D eigenvalue weighted by Crippen LogP contribution is -2.38. The molecule has 0 aliphatic rings. The molecule has 0 bridgehead atoms. The second kappa shape index (κ2) is 7.12. The standard InChI is InChI=1S/C18H16F3NO5S/c1-17(23,16-10-12-6-2-3-7-13(12)26-16)11-22-28(24,25)15-9-5-4-8-14(15)27-18(19,20)21/h2-10,22-23H,11H2,1H3. The highest BCUT2D eigenvalue weighted by molar-refractivity contribution is 7.89. The third kappa shape index (κ3) is 4.46. The molecule has 0 spiro atoms. The highest BCUT2D eigenvalue weighted by Gasteiger charge is 2.35. The summed E-state index contributed by atoms with van der Waals surface area (Å²) in [5.74, 6) is -0.762. The highest BCUT2D eigenvalue weighted by Crippen LogP contribution is 2.31. The summed E-state index contributed by atoms with van der Waals surface area (Å²) < 4.78 is 73.9. The van der Waals surface area contributed by atoms with Gasteiger partial charge in [0.15, 0.2) is 0 Å². The smallest absolute Gasteiger partial charge is 0.458 e. The van der Waals surface area contributed by atoms with Crippen LogP contribution in [0.15, 0.2) is 63.9 Å². The van der Waals surface area contributed by atoms with Crippen molar-refractivity contribution in [2.24, 2.45) is 0 Å². The molecule has 0 saturated carbocycles. The van der Waals surface area contributed by atoms with Gasteiger partial charge in [0.2, 0.25) is 10.0 Å². The minimum atomic E-state index is -5.05. The first kappa shape index (κ1) is 20.2. The first-order chi connectivity index (χ1) is 13.0. The van der Waals surface area contributed by atoms with Crippen molar-refractivity contribution in [3.8, 4) is 5.75 Å². The molecular formula is C18H16F3NO5S. The summed E-state index contributed by atoms with van der Waals surface area (Å²) in [5.41, 5.74) is -1.24. The summed E-state index contributed by atoms with van der Waals surface area (Å²) in [7, 11) is -4.41. The van der Waals surface area contributed by atoms with E-state index in [2.05, 4.69) is 9.46 Å². The number of halogens is 3. The minimum Gasteiger partial charge on any atom is -0.458 e. The van der Waals surface area contributed by atoms with Crippen LogP contribution in [0, 0.1) is 0 Å². The number of hydrogen-bond acceptors (Lipinski definition) is 5. The fraction of sp³-hybridized carbons (Fsp3) is 0.222. The monoisotopic (exact) mass is 415 g/mol. The number of aliphatic hydroxyl groups is 1. The van der Waals surface area contributed by atoms with Gasteiger partial charge in [0.1, 0.15) is 27.6 Å². The molecule has 1 unspecified atom stereocenters. The fourth-order valence-electron chi connectivity index (χ4n) is 2.53. The molecule has 0 aliphatic carbocycles. The molecule has 0 fully saturated rings. The zero-order chi connectivity index (χ0) is 20.6. The van der Waals surface area contributed by atoms with Crippen molar-refractivity contribution < 1.29 is 35.8 Å². The van der Waals surface area contributed by atoms with Crippen molar-refractivity contribution in [2.45, 2.75) is 23.8 Å². The zero-order valence-electron chi connectivity index (χ0n) is 14.5. The van der Waals surface area contributed by atoms with Gasteiger partial charge in [0.05, 0.1) is 0 Å². The van der Waals surface area contributed by atoms with Gasteiger partial charge in [-0.05, 0) is 31.2 Å². The average molecular weight is 415 g/mol. The molecule has 150 valence electrons. The van der Waals surface area contributed by atoms with E-state index in [1.807, 2.05) is 0 Å². The van der Waals surface area contributed by atoms with Crippen LogP contribution in [-0.2, 0) is 15.6 Å². The third-order valence-corrected chi connectivity index (χ3v) is 5.37. The number of alkyl halides is 3. The maximum absolute atomic E-state index is 12.5. The molecule has 1 heterocycles. The first-order valence-electron chi connectivity index (χ1n) is 8.04. The minimum absolute atomic E-state index is 0.108. The third-order valence-electron chi connectivity index (χ3n) is 3.93. The Morgan fingerprint density at radius 3 is 2.43 bits per heavy atom. The number of benzene rings is 2. The largest absolute Gasteiger partial charge is 0.573 e. The number of nitrogens with one attached hydrogen (secondary N) is 1. The molecule has 0 saturated heterocycles. The molecule has 2 aromatic carbocycles. The molecule has 2 N–H and O–H groups in total. The van der Waals surface area contributed by atoms with Crippen LogP contribution >= 0.6 is 0 Å². The molecular weight excluding hydrogens is 399 g/mol. The molecule has 1 atom stereocenters. The predicted molar refractivity (Wildman–Crippen MR) is 94.1 cm³/mol. The Bertz CT molecular complexity index is 1060. The van der Waals surface area contributed by atoms with Crippen LogP contribution in [0.25, 0.3) is 11.0 Å². The molecule has 6 nitrogen and oxygen atoms in total. The van der Waals surface area contributed by atoms with Gasteiger partial charge in [0.25, 0.3) is 0 Å². The first-order valence-corrected chi connectivity index (χ1v) is 9.52. The maximum Gasteiger partial charge on any atom is 0.573 e. The number of fused-ring (bicyclic) bond motifs is 1. The lowest BCUT2D eigenvalue weighted by Gasteiger charge is -2.21. The summed E-state index contributed by atoms with van der Waals surface area (Å²) in [5, 5.41) is 11.3. The number of ether oxygens (including phenoxy) is 1. The van der Waals surface area contributed by atoms with Gasteiger partial charge < -0.3 is 14.3 Å². The van der Waals surface area contributed by atoms with Crippen molar-refractivity contribution in [1.82, 2.24) is 4.72 Å². The number of para-hydroxylation sites is 2. The van der Waals surface area contributed by atoms with Crippen molar-refractivity contribution in [1.29, 1.82) is 0 Å². The van der Waals surface area contributed by atoms with Gasteiger partial charge in [-0.25, -0.2) is 13.1 Å². The van der Waals surface area contributed by atoms with Crippen LogP contribution in [0.3, 0.4) is 0 Å². The number of furan rings is 1. The van der Waals surface area contributed by atoms with Gasteiger partial charge in [-0.1, -0.05) is 30.3 Å². The fourth-order valence-corrected chi connectivity index (χ4v) is 3.79. The average Bonchev–Trinajstić information content (AvgIpc) is 3.04. The number of sulfonamides is 1. The van der Waals surface area contributed by atoms with Gasteiger partial charge in [-0.15, -0.1) is 13.2 Å². The lowest BCUT2D eigenvalue weighted by molar-refractivity contribution is -0.275. The van der Waals surface area contributed by atoms with E-state index in [9.17, 15) is 26.7 Å². The zero-order valence-corrected chi connectivity index (χ0v) is 15.3. The topological polar surface area (TPSA) is 88.8 Å². The Morgan fingerprint density at radius 2 is 1.75 bits per heavy atom. The van der Waals surface area contributed by atoms with Crippen molar-refractivity contribution in [2.75, 3.05) is 6.54 Å². The normalized spacial score (nSPS) is 14.8. The molecule has 3 rings (SSSR count). The Kier molecular flexibility index (Phi) is 5.13. The number of hydrogen-bond donors (Lipinski definition) is 2. The summed E-state index contributed by atoms with van der Waals surface area (Å²) >= 11 is 0. The van der Waals surface area contributed by atoms with E-state index in [4.69, 9.17) is 4.42 Å². The maximum atomic E-state index is 12.5. The Balaban J connectivity index is 1.83. The van der Waals surface area contributed by atoms with Crippen LogP contribution < -0.4 is 9.46 Å². The van der Waals surface area contributed by atoms with Crippen LogP contribution in [0.2, 0.25) is 0 Å². The Morgan fingerprint density at radius 1 is 1.11 bits per heavy atom. The summed E-state index contributed by atoms with van der Waals surface area (Å²) in [6, 6.07) is 12.8. The van der Waals surface area contributed by atoms with Gasteiger partial charge >= 0.3 is 6.36 Å². The van der Waals surface area contributed by atoms with E-state index >= 15 is 0 Å². The molecule has 0 radical (unpaired) electrons. The molecule has 0 amide bonds. The van der Waals surface area contributed by atoms with E-state index in [-0.39, 0.29) is 5.76 Å².